The van der Waals surface area contributed by atoms with Crippen molar-refractivity contribution >= 4 is 17.3 Å². The molecular formula is C17H19N3O3S. The fourth-order valence-electron chi connectivity index (χ4n) is 3.46. The number of carbonyl (C=O) groups excluding carboxylic acids is 1. The molecule has 0 radical (unpaired) electrons. The Kier molecular flexibility index (Phi) is 3.97. The van der Waals surface area contributed by atoms with Crippen LogP contribution in [0.25, 0.3) is 5.13 Å². The van der Waals surface area contributed by atoms with Crippen LogP contribution < -0.4 is 5.56 Å². The van der Waals surface area contributed by atoms with Crippen LogP contribution in [-0.4, -0.2) is 46.2 Å². The van der Waals surface area contributed by atoms with E-state index in [1.54, 1.807) is 6.20 Å². The minimum absolute atomic E-state index is 0.0394. The highest BCUT2D eigenvalue weighted by Gasteiger charge is 2.36. The Morgan fingerprint density at radius 3 is 2.75 bits per heavy atom. The van der Waals surface area contributed by atoms with E-state index < -0.39 is 0 Å². The fourth-order valence-corrected chi connectivity index (χ4v) is 4.20. The van der Waals surface area contributed by atoms with E-state index in [-0.39, 0.29) is 17.6 Å². The lowest BCUT2D eigenvalue weighted by Gasteiger charge is -2.43. The zero-order chi connectivity index (χ0) is 16.7. The van der Waals surface area contributed by atoms with Crippen LogP contribution in [0, 0.1) is 12.8 Å². The number of carbonyl (C=O) groups is 1. The van der Waals surface area contributed by atoms with Crippen LogP contribution in [0.1, 0.15) is 28.1 Å². The molecule has 2 bridgehead atoms. The highest BCUT2D eigenvalue weighted by molar-refractivity contribution is 7.13. The number of aromatic nitrogens is 2. The summed E-state index contributed by atoms with van der Waals surface area (Å²) in [4.78, 5) is 32.2. The molecule has 0 aromatic carbocycles. The first-order chi connectivity index (χ1) is 11.6. The minimum atomic E-state index is -0.365. The summed E-state index contributed by atoms with van der Waals surface area (Å²) < 4.78 is 7.14. The molecule has 2 aromatic rings. The maximum atomic E-state index is 12.5. The van der Waals surface area contributed by atoms with E-state index in [1.807, 2.05) is 6.92 Å². The Morgan fingerprint density at radius 2 is 2.12 bits per heavy atom. The van der Waals surface area contributed by atoms with Crippen molar-refractivity contribution in [3.63, 3.8) is 0 Å². The number of fused-ring (bicyclic) bond motifs is 3. The van der Waals surface area contributed by atoms with Gasteiger partial charge in [0.25, 0.3) is 5.56 Å². The average Bonchev–Trinajstić information content (AvgIpc) is 3.02. The summed E-state index contributed by atoms with van der Waals surface area (Å²) in [6, 6.07) is 2.92. The number of aryl methyl sites for hydroxylation is 1. The van der Waals surface area contributed by atoms with E-state index >= 15 is 0 Å². The van der Waals surface area contributed by atoms with Crippen LogP contribution in [0.15, 0.2) is 29.3 Å². The molecule has 3 fully saturated rings. The normalized spacial score (nSPS) is 25.6. The molecule has 2 aromatic heterocycles. The Morgan fingerprint density at radius 1 is 1.33 bits per heavy atom. The zero-order valence-electron chi connectivity index (χ0n) is 13.5. The van der Waals surface area contributed by atoms with Gasteiger partial charge in [0.2, 0.25) is 0 Å². The van der Waals surface area contributed by atoms with E-state index in [9.17, 15) is 9.59 Å². The number of thiazole rings is 1. The second kappa shape index (κ2) is 6.14. The Bertz CT molecular complexity index is 820. The maximum Gasteiger partial charge on any atom is 0.339 e. The van der Waals surface area contributed by atoms with Crippen LogP contribution in [-0.2, 0) is 4.74 Å². The van der Waals surface area contributed by atoms with Gasteiger partial charge in [-0.2, -0.15) is 0 Å². The molecule has 7 heteroatoms. The molecule has 1 atom stereocenters. The van der Waals surface area contributed by atoms with Gasteiger partial charge in [-0.1, -0.05) is 0 Å². The van der Waals surface area contributed by atoms with Crippen molar-refractivity contribution in [2.24, 2.45) is 5.92 Å². The van der Waals surface area contributed by atoms with Gasteiger partial charge in [-0.3, -0.25) is 14.3 Å². The molecule has 0 N–H and O–H groups in total. The monoisotopic (exact) mass is 345 g/mol. The van der Waals surface area contributed by atoms with Crippen molar-refractivity contribution in [2.45, 2.75) is 25.9 Å². The Balaban J connectivity index is 1.55. The van der Waals surface area contributed by atoms with Crippen LogP contribution in [0.5, 0.6) is 0 Å². The van der Waals surface area contributed by atoms with E-state index in [0.717, 1.165) is 37.4 Å². The molecule has 3 aliphatic heterocycles. The predicted octanol–water partition coefficient (Wildman–Crippen LogP) is 1.85. The second-order valence-corrected chi connectivity index (χ2v) is 7.67. The first kappa shape index (κ1) is 15.5. The van der Waals surface area contributed by atoms with Gasteiger partial charge in [-0.05, 0) is 44.8 Å². The molecule has 126 valence electrons. The lowest BCUT2D eigenvalue weighted by Crippen LogP contribution is -2.51. The Labute approximate surface area is 143 Å². The summed E-state index contributed by atoms with van der Waals surface area (Å²) in [6.45, 7) is 4.96. The highest BCUT2D eigenvalue weighted by atomic mass is 32.1. The highest BCUT2D eigenvalue weighted by Crippen LogP contribution is 2.30. The SMILES string of the molecule is Cc1cnc(-n2cc(C(=O)OC3CN4CCC3CC4)ccc2=O)s1. The number of esters is 1. The minimum Gasteiger partial charge on any atom is -0.457 e. The number of hydrogen-bond acceptors (Lipinski definition) is 6. The first-order valence-electron chi connectivity index (χ1n) is 8.19. The first-order valence-corrected chi connectivity index (χ1v) is 9.00. The molecule has 0 aliphatic carbocycles. The lowest BCUT2D eigenvalue weighted by atomic mass is 9.86. The number of rotatable bonds is 3. The van der Waals surface area contributed by atoms with Crippen molar-refractivity contribution < 1.29 is 9.53 Å². The molecule has 6 nitrogen and oxygen atoms in total. The second-order valence-electron chi connectivity index (χ2n) is 6.46. The number of hydrogen-bond donors (Lipinski definition) is 0. The van der Waals surface area contributed by atoms with Gasteiger partial charge in [0, 0.05) is 29.9 Å². The number of ether oxygens (including phenoxy) is 1. The molecule has 5 rings (SSSR count). The van der Waals surface area contributed by atoms with Crippen molar-refractivity contribution in [2.75, 3.05) is 19.6 Å². The summed E-state index contributed by atoms with van der Waals surface area (Å²) in [7, 11) is 0. The molecule has 1 unspecified atom stereocenters. The van der Waals surface area contributed by atoms with Gasteiger partial charge in [0.05, 0.1) is 5.56 Å². The van der Waals surface area contributed by atoms with E-state index in [1.165, 1.54) is 34.2 Å². The largest absolute Gasteiger partial charge is 0.457 e. The number of nitrogens with zero attached hydrogens (tertiary/aromatic N) is 3. The van der Waals surface area contributed by atoms with Crippen molar-refractivity contribution in [3.8, 4) is 5.13 Å². The van der Waals surface area contributed by atoms with Gasteiger partial charge in [0.1, 0.15) is 6.10 Å². The van der Waals surface area contributed by atoms with Crippen LogP contribution in [0.4, 0.5) is 0 Å². The summed E-state index contributed by atoms with van der Waals surface area (Å²) in [5.41, 5.74) is 0.183. The van der Waals surface area contributed by atoms with Crippen molar-refractivity contribution in [3.05, 3.63) is 45.3 Å². The third-order valence-electron chi connectivity index (χ3n) is 4.82. The molecule has 24 heavy (non-hydrogen) atoms. The van der Waals surface area contributed by atoms with E-state index in [4.69, 9.17) is 4.74 Å². The Hall–Kier alpha value is -1.99. The summed E-state index contributed by atoms with van der Waals surface area (Å²) in [5, 5.41) is 0.565. The van der Waals surface area contributed by atoms with E-state index in [0.29, 0.717) is 16.6 Å². The van der Waals surface area contributed by atoms with Crippen LogP contribution in [0.3, 0.4) is 0 Å². The zero-order valence-corrected chi connectivity index (χ0v) is 14.3. The summed E-state index contributed by atoms with van der Waals surface area (Å²) in [5.74, 6) is 0.0993. The van der Waals surface area contributed by atoms with Crippen molar-refractivity contribution in [1.82, 2.24) is 14.5 Å². The van der Waals surface area contributed by atoms with Crippen LogP contribution >= 0.6 is 11.3 Å². The fraction of sp³-hybridized carbons (Fsp3) is 0.471. The molecule has 0 spiro atoms. The summed E-state index contributed by atoms with van der Waals surface area (Å²) >= 11 is 1.41. The van der Waals surface area contributed by atoms with Gasteiger partial charge in [-0.25, -0.2) is 9.78 Å². The van der Waals surface area contributed by atoms with E-state index in [2.05, 4.69) is 9.88 Å². The molecule has 3 aliphatic rings. The van der Waals surface area contributed by atoms with Crippen molar-refractivity contribution in [1.29, 1.82) is 0 Å². The van der Waals surface area contributed by atoms with Crippen LogP contribution in [0.2, 0.25) is 0 Å². The molecule has 0 amide bonds. The van der Waals surface area contributed by atoms with Gasteiger partial charge in [0.15, 0.2) is 5.13 Å². The van der Waals surface area contributed by atoms with Gasteiger partial charge in [-0.15, -0.1) is 11.3 Å². The lowest BCUT2D eigenvalue weighted by molar-refractivity contribution is -0.0456. The molecule has 5 heterocycles. The quantitative estimate of drug-likeness (QED) is 0.795. The number of pyridine rings is 1. The topological polar surface area (TPSA) is 64.4 Å². The maximum absolute atomic E-state index is 12.5. The van der Waals surface area contributed by atoms with Gasteiger partial charge < -0.3 is 4.74 Å². The standard InChI is InChI=1S/C17H19N3O3S/c1-11-8-18-17(24-11)20-9-13(2-3-15(20)21)16(22)23-14-10-19-6-4-12(14)5-7-19/h2-3,8-9,12,14H,4-7,10H2,1H3. The average molecular weight is 345 g/mol. The molecule has 0 saturated carbocycles. The third kappa shape index (κ3) is 2.89. The molecular weight excluding hydrogens is 326 g/mol. The summed E-state index contributed by atoms with van der Waals surface area (Å²) in [6.07, 6.45) is 5.39. The van der Waals surface area contributed by atoms with Gasteiger partial charge >= 0.3 is 5.97 Å². The smallest absolute Gasteiger partial charge is 0.339 e. The number of piperidine rings is 3. The third-order valence-corrected chi connectivity index (χ3v) is 5.73. The predicted molar refractivity (Wildman–Crippen MR) is 90.8 cm³/mol. The molecule has 3 saturated heterocycles.